The molecule has 3 N–H and O–H groups in total. The zero-order valence-electron chi connectivity index (χ0n) is 17.4. The quantitative estimate of drug-likeness (QED) is 0.528. The van der Waals surface area contributed by atoms with Gasteiger partial charge in [-0.25, -0.2) is 14.8 Å². The van der Waals surface area contributed by atoms with Crippen LogP contribution in [0.2, 0.25) is 0 Å². The van der Waals surface area contributed by atoms with Gasteiger partial charge in [0.2, 0.25) is 0 Å². The Morgan fingerprint density at radius 3 is 2.67 bits per heavy atom. The van der Waals surface area contributed by atoms with Crippen LogP contribution in [0.15, 0.2) is 41.5 Å². The van der Waals surface area contributed by atoms with Crippen LogP contribution in [-0.4, -0.2) is 27.6 Å². The Kier molecular flexibility index (Phi) is 6.62. The van der Waals surface area contributed by atoms with Gasteiger partial charge in [-0.2, -0.15) is 18.4 Å². The van der Waals surface area contributed by atoms with Crippen molar-refractivity contribution in [3.8, 4) is 23.2 Å². The van der Waals surface area contributed by atoms with Crippen molar-refractivity contribution in [3.63, 3.8) is 0 Å². The molecular weight excluding hydrogens is 441 g/mol. The van der Waals surface area contributed by atoms with Gasteiger partial charge in [-0.3, -0.25) is 4.79 Å². The molecule has 0 aliphatic rings. The van der Waals surface area contributed by atoms with Crippen LogP contribution in [0.4, 0.5) is 29.3 Å². The Morgan fingerprint density at radius 1 is 1.27 bits per heavy atom. The lowest BCUT2D eigenvalue weighted by atomic mass is 10.1. The van der Waals surface area contributed by atoms with Crippen molar-refractivity contribution in [2.75, 3.05) is 17.2 Å². The zero-order chi connectivity index (χ0) is 24.2. The van der Waals surface area contributed by atoms with Gasteiger partial charge in [-0.15, -0.1) is 0 Å². The number of halogens is 3. The number of H-pyrrole nitrogens is 1. The standard InChI is InChI=1S/C21H17F3N6O3/c1-3-33-17-7-18(31)26-9-14(17)19-27-10-16(11(2)28-19)30-20(32)29-13-5-4-12(8-25)15(6-13)21(22,23)24/h4-7,9-10H,3H2,1-2H3,(H,26,31)(H2,29,30,32). The molecule has 12 heteroatoms. The minimum Gasteiger partial charge on any atom is -0.493 e. The number of benzene rings is 1. The van der Waals surface area contributed by atoms with Gasteiger partial charge in [0.25, 0.3) is 5.56 Å². The first-order valence-corrected chi connectivity index (χ1v) is 9.51. The lowest BCUT2D eigenvalue weighted by Crippen LogP contribution is -2.21. The molecule has 9 nitrogen and oxygen atoms in total. The molecule has 2 aromatic heterocycles. The summed E-state index contributed by atoms with van der Waals surface area (Å²) in [6.07, 6.45) is -2.02. The number of ether oxygens (including phenoxy) is 1. The van der Waals surface area contributed by atoms with E-state index in [9.17, 15) is 22.8 Å². The van der Waals surface area contributed by atoms with Gasteiger partial charge in [-0.1, -0.05) is 0 Å². The van der Waals surface area contributed by atoms with Crippen LogP contribution in [0.25, 0.3) is 11.4 Å². The number of rotatable bonds is 5. The monoisotopic (exact) mass is 458 g/mol. The molecule has 0 bridgehead atoms. The topological polar surface area (TPSA) is 133 Å². The van der Waals surface area contributed by atoms with Crippen molar-refractivity contribution < 1.29 is 22.7 Å². The second-order valence-electron chi connectivity index (χ2n) is 6.65. The molecule has 0 saturated carbocycles. The van der Waals surface area contributed by atoms with E-state index in [1.807, 2.05) is 0 Å². The summed E-state index contributed by atoms with van der Waals surface area (Å²) in [4.78, 5) is 34.8. The average Bonchev–Trinajstić information content (AvgIpc) is 2.75. The summed E-state index contributed by atoms with van der Waals surface area (Å²) >= 11 is 0. The number of urea groups is 1. The number of aromatic amines is 1. The molecule has 3 aromatic rings. The highest BCUT2D eigenvalue weighted by molar-refractivity contribution is 6.00. The molecule has 2 heterocycles. The second-order valence-corrected chi connectivity index (χ2v) is 6.65. The van der Waals surface area contributed by atoms with E-state index in [1.165, 1.54) is 30.6 Å². The van der Waals surface area contributed by atoms with E-state index < -0.39 is 23.3 Å². The number of pyridine rings is 1. The molecule has 0 aliphatic carbocycles. The Labute approximate surface area is 185 Å². The molecule has 33 heavy (non-hydrogen) atoms. The first-order chi connectivity index (χ1) is 15.6. The summed E-state index contributed by atoms with van der Waals surface area (Å²) in [7, 11) is 0. The van der Waals surface area contributed by atoms with Crippen LogP contribution >= 0.6 is 0 Å². The molecule has 170 valence electrons. The lowest BCUT2D eigenvalue weighted by Gasteiger charge is -2.13. The molecule has 0 spiro atoms. The molecule has 2 amide bonds. The van der Waals surface area contributed by atoms with E-state index in [1.54, 1.807) is 13.8 Å². The lowest BCUT2D eigenvalue weighted by molar-refractivity contribution is -0.137. The van der Waals surface area contributed by atoms with Crippen molar-refractivity contribution in [2.24, 2.45) is 0 Å². The highest BCUT2D eigenvalue weighted by atomic mass is 19.4. The molecule has 3 rings (SSSR count). The maximum Gasteiger partial charge on any atom is 0.417 e. The number of nitriles is 1. The van der Waals surface area contributed by atoms with Gasteiger partial charge >= 0.3 is 12.2 Å². The SMILES string of the molecule is CCOc1cc(=O)[nH]cc1-c1ncc(NC(=O)Nc2ccc(C#N)c(C(F)(F)F)c2)c(C)n1. The van der Waals surface area contributed by atoms with Gasteiger partial charge in [0.15, 0.2) is 5.82 Å². The van der Waals surface area contributed by atoms with Gasteiger partial charge in [0, 0.05) is 18.0 Å². The normalized spacial score (nSPS) is 10.9. The summed E-state index contributed by atoms with van der Waals surface area (Å²) in [6, 6.07) is 4.75. The molecule has 0 radical (unpaired) electrons. The number of nitrogens with one attached hydrogen (secondary N) is 3. The van der Waals surface area contributed by atoms with Gasteiger partial charge in [-0.05, 0) is 32.0 Å². The Hall–Kier alpha value is -4.40. The third-order valence-corrected chi connectivity index (χ3v) is 4.36. The van der Waals surface area contributed by atoms with Gasteiger partial charge < -0.3 is 20.4 Å². The van der Waals surface area contributed by atoms with Crippen molar-refractivity contribution >= 4 is 17.4 Å². The highest BCUT2D eigenvalue weighted by Gasteiger charge is 2.34. The number of carbonyl (C=O) groups is 1. The third-order valence-electron chi connectivity index (χ3n) is 4.36. The number of hydrogen-bond acceptors (Lipinski definition) is 6. The minimum absolute atomic E-state index is 0.149. The molecule has 0 atom stereocenters. The van der Waals surface area contributed by atoms with Crippen LogP contribution in [0.1, 0.15) is 23.7 Å². The van der Waals surface area contributed by atoms with Crippen molar-refractivity contribution in [1.82, 2.24) is 15.0 Å². The van der Waals surface area contributed by atoms with Crippen LogP contribution in [-0.2, 0) is 6.18 Å². The fraction of sp³-hybridized carbons (Fsp3) is 0.190. The summed E-state index contributed by atoms with van der Waals surface area (Å²) in [5.41, 5.74) is -1.20. The predicted molar refractivity (Wildman–Crippen MR) is 113 cm³/mol. The molecular formula is C21H17F3N6O3. The number of amides is 2. The number of nitrogens with zero attached hydrogens (tertiary/aromatic N) is 3. The van der Waals surface area contributed by atoms with Crippen LogP contribution < -0.4 is 20.9 Å². The first-order valence-electron chi connectivity index (χ1n) is 9.51. The largest absolute Gasteiger partial charge is 0.493 e. The van der Waals surface area contributed by atoms with E-state index in [0.29, 0.717) is 29.7 Å². The van der Waals surface area contributed by atoms with Crippen molar-refractivity contribution in [2.45, 2.75) is 20.0 Å². The van der Waals surface area contributed by atoms with E-state index in [4.69, 9.17) is 10.00 Å². The maximum atomic E-state index is 13.1. The highest BCUT2D eigenvalue weighted by Crippen LogP contribution is 2.33. The minimum atomic E-state index is -4.75. The van der Waals surface area contributed by atoms with Gasteiger partial charge in [0.05, 0.1) is 46.9 Å². The number of carbonyl (C=O) groups excluding carboxylic acids is 1. The fourth-order valence-corrected chi connectivity index (χ4v) is 2.86. The first kappa shape index (κ1) is 23.3. The van der Waals surface area contributed by atoms with Crippen molar-refractivity contribution in [1.29, 1.82) is 5.26 Å². The zero-order valence-corrected chi connectivity index (χ0v) is 17.4. The molecule has 0 saturated heterocycles. The number of alkyl halides is 3. The number of hydrogen-bond donors (Lipinski definition) is 3. The maximum absolute atomic E-state index is 13.1. The number of aromatic nitrogens is 3. The number of anilines is 2. The second kappa shape index (κ2) is 9.39. The number of aryl methyl sites for hydroxylation is 1. The van der Waals surface area contributed by atoms with E-state index >= 15 is 0 Å². The third kappa shape index (κ3) is 5.45. The van der Waals surface area contributed by atoms with Crippen LogP contribution in [0.3, 0.4) is 0 Å². The van der Waals surface area contributed by atoms with Gasteiger partial charge in [0.1, 0.15) is 5.75 Å². The molecule has 0 aliphatic heterocycles. The Bertz CT molecular complexity index is 1300. The summed E-state index contributed by atoms with van der Waals surface area (Å²) in [5.74, 6) is 0.528. The molecule has 1 aromatic carbocycles. The summed E-state index contributed by atoms with van der Waals surface area (Å²) < 4.78 is 44.8. The smallest absolute Gasteiger partial charge is 0.417 e. The Morgan fingerprint density at radius 2 is 2.03 bits per heavy atom. The molecule has 0 fully saturated rings. The summed E-state index contributed by atoms with van der Waals surface area (Å²) in [6.45, 7) is 3.67. The van der Waals surface area contributed by atoms with E-state index in [2.05, 4.69) is 25.6 Å². The van der Waals surface area contributed by atoms with E-state index in [0.717, 1.165) is 6.07 Å². The van der Waals surface area contributed by atoms with Crippen LogP contribution in [0, 0.1) is 18.3 Å². The van der Waals surface area contributed by atoms with Crippen LogP contribution in [0.5, 0.6) is 5.75 Å². The van der Waals surface area contributed by atoms with Crippen molar-refractivity contribution in [3.05, 3.63) is 63.8 Å². The van der Waals surface area contributed by atoms with E-state index in [-0.39, 0.29) is 22.8 Å². The fourth-order valence-electron chi connectivity index (χ4n) is 2.86. The summed E-state index contributed by atoms with van der Waals surface area (Å²) in [5, 5.41) is 13.6. The predicted octanol–water partition coefficient (Wildman–Crippen LogP) is 4.07. The molecule has 0 unspecified atom stereocenters. The Balaban J connectivity index is 1.80. The average molecular weight is 458 g/mol.